The van der Waals surface area contributed by atoms with Gasteiger partial charge in [0.2, 0.25) is 5.62 Å². The monoisotopic (exact) mass is 410 g/mol. The van der Waals surface area contributed by atoms with Crippen LogP contribution >= 0.6 is 0 Å². The average Bonchev–Trinajstić information content (AvgIpc) is 3.07. The number of imidazole rings is 1. The fourth-order valence-corrected chi connectivity index (χ4v) is 4.06. The van der Waals surface area contributed by atoms with Gasteiger partial charge in [-0.05, 0) is 48.7 Å². The number of ether oxygens (including phenoxy) is 1. The smallest absolute Gasteiger partial charge is 0.203 e. The number of benzene rings is 3. The van der Waals surface area contributed by atoms with Gasteiger partial charge in [-0.15, -0.1) is 0 Å². The van der Waals surface area contributed by atoms with Crippen LogP contribution in [0.25, 0.3) is 11.0 Å². The van der Waals surface area contributed by atoms with Crippen molar-refractivity contribution in [1.82, 2.24) is 9.13 Å². The molecule has 4 rings (SSSR count). The molecule has 0 radical (unpaired) electrons. The highest BCUT2D eigenvalue weighted by Crippen LogP contribution is 2.22. The fourth-order valence-electron chi connectivity index (χ4n) is 4.06. The summed E-state index contributed by atoms with van der Waals surface area (Å²) >= 11 is 0. The van der Waals surface area contributed by atoms with Gasteiger partial charge in [0, 0.05) is 7.11 Å². The number of para-hydroxylation sites is 2. The van der Waals surface area contributed by atoms with Gasteiger partial charge in [-0.2, -0.15) is 5.26 Å². The minimum Gasteiger partial charge on any atom is -0.383 e. The van der Waals surface area contributed by atoms with Crippen molar-refractivity contribution < 1.29 is 4.74 Å². The molecule has 156 valence electrons. The van der Waals surface area contributed by atoms with E-state index < -0.39 is 0 Å². The molecule has 1 aromatic heterocycles. The molecule has 0 saturated heterocycles. The highest BCUT2D eigenvalue weighted by Gasteiger charge is 2.19. The predicted octanol–water partition coefficient (Wildman–Crippen LogP) is 4.58. The number of aryl methyl sites for hydroxylation is 1. The van der Waals surface area contributed by atoms with Crippen LogP contribution in [0.3, 0.4) is 0 Å². The summed E-state index contributed by atoms with van der Waals surface area (Å²) in [5, 5.41) is 18.1. The summed E-state index contributed by atoms with van der Waals surface area (Å²) in [5.41, 5.74) is 6.64. The van der Waals surface area contributed by atoms with Gasteiger partial charge in [-0.3, -0.25) is 5.41 Å². The molecule has 1 atom stereocenters. The molecule has 31 heavy (non-hydrogen) atoms. The third-order valence-electron chi connectivity index (χ3n) is 5.66. The summed E-state index contributed by atoms with van der Waals surface area (Å²) in [6.07, 6.45) is 0.787. The number of hydrogen-bond donors (Lipinski definition) is 1. The maximum absolute atomic E-state index is 9.05. The molecule has 3 aromatic carbocycles. The summed E-state index contributed by atoms with van der Waals surface area (Å²) in [6.45, 7) is 3.18. The van der Waals surface area contributed by atoms with E-state index in [1.807, 2.05) is 41.0 Å². The Morgan fingerprint density at radius 3 is 2.23 bits per heavy atom. The SMILES string of the molecule is COCC(Cc1ccc(C)cc1)n1c(=N)n(Cc2ccc(C#N)cc2)c2ccccc21. The van der Waals surface area contributed by atoms with Crippen LogP contribution in [0.15, 0.2) is 72.8 Å². The molecule has 0 fully saturated rings. The number of methoxy groups -OCH3 is 1. The molecular weight excluding hydrogens is 384 g/mol. The van der Waals surface area contributed by atoms with E-state index in [1.54, 1.807) is 7.11 Å². The topological polar surface area (TPSA) is 66.7 Å². The second-order valence-electron chi connectivity index (χ2n) is 7.88. The zero-order chi connectivity index (χ0) is 21.8. The first-order valence-corrected chi connectivity index (χ1v) is 10.4. The summed E-state index contributed by atoms with van der Waals surface area (Å²) in [4.78, 5) is 0. The lowest BCUT2D eigenvalue weighted by molar-refractivity contribution is 0.154. The summed E-state index contributed by atoms with van der Waals surface area (Å²) < 4.78 is 9.68. The third-order valence-corrected chi connectivity index (χ3v) is 5.66. The second kappa shape index (κ2) is 9.03. The van der Waals surface area contributed by atoms with Crippen molar-refractivity contribution in [2.24, 2.45) is 0 Å². The average molecular weight is 411 g/mol. The first-order valence-electron chi connectivity index (χ1n) is 10.4. The Labute approximate surface area is 182 Å². The summed E-state index contributed by atoms with van der Waals surface area (Å²) in [5.74, 6) is 0. The van der Waals surface area contributed by atoms with Crippen molar-refractivity contribution in [2.45, 2.75) is 25.9 Å². The zero-order valence-electron chi connectivity index (χ0n) is 17.9. The van der Waals surface area contributed by atoms with Crippen molar-refractivity contribution in [2.75, 3.05) is 13.7 Å². The van der Waals surface area contributed by atoms with Crippen molar-refractivity contribution in [3.63, 3.8) is 0 Å². The highest BCUT2D eigenvalue weighted by atomic mass is 16.5. The first-order chi connectivity index (χ1) is 15.1. The molecule has 0 spiro atoms. The number of rotatable bonds is 7. The normalized spacial score (nSPS) is 12.0. The maximum atomic E-state index is 9.05. The van der Waals surface area contributed by atoms with Crippen molar-refractivity contribution >= 4 is 11.0 Å². The quantitative estimate of drug-likeness (QED) is 0.485. The van der Waals surface area contributed by atoms with Gasteiger partial charge in [0.25, 0.3) is 0 Å². The molecule has 0 amide bonds. The van der Waals surface area contributed by atoms with E-state index in [2.05, 4.69) is 54.0 Å². The summed E-state index contributed by atoms with van der Waals surface area (Å²) in [6, 6.07) is 26.4. The zero-order valence-corrected chi connectivity index (χ0v) is 17.9. The van der Waals surface area contributed by atoms with Crippen molar-refractivity contribution in [3.05, 3.63) is 101 Å². The largest absolute Gasteiger partial charge is 0.383 e. The molecule has 4 aromatic rings. The molecule has 0 aliphatic rings. The molecule has 0 saturated carbocycles. The van der Waals surface area contributed by atoms with E-state index in [9.17, 15) is 0 Å². The van der Waals surface area contributed by atoms with Crippen molar-refractivity contribution in [1.29, 1.82) is 10.7 Å². The van der Waals surface area contributed by atoms with Crippen LogP contribution in [0.4, 0.5) is 0 Å². The molecule has 1 unspecified atom stereocenters. The number of fused-ring (bicyclic) bond motifs is 1. The van der Waals surface area contributed by atoms with Crippen LogP contribution in [-0.2, 0) is 17.7 Å². The first kappa shape index (κ1) is 20.6. The van der Waals surface area contributed by atoms with E-state index >= 15 is 0 Å². The maximum Gasteiger partial charge on any atom is 0.203 e. The minimum absolute atomic E-state index is 0.00678. The van der Waals surface area contributed by atoms with E-state index in [-0.39, 0.29) is 6.04 Å². The standard InChI is InChI=1S/C26H26N4O/c1-19-7-9-20(10-8-19)15-23(18-31-2)30-25-6-4-3-5-24(25)29(26(30)28)17-22-13-11-21(16-27)12-14-22/h3-14,23,28H,15,17-18H2,1-2H3. The molecule has 1 N–H and O–H groups in total. The Kier molecular flexibility index (Phi) is 6.01. The lowest BCUT2D eigenvalue weighted by Gasteiger charge is -2.19. The van der Waals surface area contributed by atoms with Crippen LogP contribution < -0.4 is 5.62 Å². The van der Waals surface area contributed by atoms with Gasteiger partial charge in [0.05, 0.1) is 41.9 Å². The van der Waals surface area contributed by atoms with E-state index in [4.69, 9.17) is 15.4 Å². The third kappa shape index (κ3) is 4.30. The predicted molar refractivity (Wildman–Crippen MR) is 122 cm³/mol. The molecule has 5 heteroatoms. The van der Waals surface area contributed by atoms with Crippen LogP contribution in [0.1, 0.15) is 28.3 Å². The molecule has 1 heterocycles. The van der Waals surface area contributed by atoms with Crippen molar-refractivity contribution in [3.8, 4) is 6.07 Å². The fraction of sp³-hybridized carbons (Fsp3) is 0.231. The van der Waals surface area contributed by atoms with Crippen LogP contribution in [0.2, 0.25) is 0 Å². The number of nitriles is 1. The van der Waals surface area contributed by atoms with Gasteiger partial charge >= 0.3 is 0 Å². The Bertz CT molecular complexity index is 1270. The number of nitrogens with one attached hydrogen (secondary N) is 1. The van der Waals surface area contributed by atoms with Gasteiger partial charge in [0.1, 0.15) is 0 Å². The van der Waals surface area contributed by atoms with E-state index in [0.29, 0.717) is 24.3 Å². The number of nitrogens with zero attached hydrogens (tertiary/aromatic N) is 3. The second-order valence-corrected chi connectivity index (χ2v) is 7.88. The van der Waals surface area contributed by atoms with Gasteiger partial charge in [-0.25, -0.2) is 0 Å². The Hall–Kier alpha value is -3.62. The molecule has 0 aliphatic carbocycles. The molecule has 5 nitrogen and oxygen atoms in total. The van der Waals surface area contributed by atoms with Gasteiger partial charge < -0.3 is 13.9 Å². The van der Waals surface area contributed by atoms with E-state index in [1.165, 1.54) is 11.1 Å². The Balaban J connectivity index is 1.77. The van der Waals surface area contributed by atoms with Crippen LogP contribution in [0, 0.1) is 23.7 Å². The Morgan fingerprint density at radius 1 is 0.935 bits per heavy atom. The molecular formula is C26H26N4O. The molecule has 0 bridgehead atoms. The summed E-state index contributed by atoms with van der Waals surface area (Å²) in [7, 11) is 1.71. The molecule has 0 aliphatic heterocycles. The lowest BCUT2D eigenvalue weighted by Crippen LogP contribution is -2.31. The Morgan fingerprint density at radius 2 is 1.58 bits per heavy atom. The van der Waals surface area contributed by atoms with E-state index in [0.717, 1.165) is 23.0 Å². The minimum atomic E-state index is 0.00678. The van der Waals surface area contributed by atoms with Gasteiger partial charge in [0.15, 0.2) is 0 Å². The highest BCUT2D eigenvalue weighted by molar-refractivity contribution is 5.76. The lowest BCUT2D eigenvalue weighted by atomic mass is 10.0. The van der Waals surface area contributed by atoms with Crippen LogP contribution in [-0.4, -0.2) is 22.9 Å². The number of hydrogen-bond acceptors (Lipinski definition) is 3. The van der Waals surface area contributed by atoms with Gasteiger partial charge in [-0.1, -0.05) is 54.1 Å². The number of aromatic nitrogens is 2. The van der Waals surface area contributed by atoms with Crippen LogP contribution in [0.5, 0.6) is 0 Å².